The Labute approximate surface area is 185 Å². The summed E-state index contributed by atoms with van der Waals surface area (Å²) in [5.41, 5.74) is 2.93. The first-order chi connectivity index (χ1) is 12.8. The Kier molecular flexibility index (Phi) is 9.78. The minimum atomic E-state index is -0.252. The van der Waals surface area contributed by atoms with E-state index in [1.54, 1.807) is 0 Å². The molecule has 0 amide bonds. The van der Waals surface area contributed by atoms with Gasteiger partial charge in [-0.25, -0.2) is 4.99 Å². The van der Waals surface area contributed by atoms with Crippen LogP contribution in [0.25, 0.3) is 0 Å². The number of aromatic nitrogens is 1. The maximum Gasteiger partial charge on any atom is 0.191 e. The predicted octanol–water partition coefficient (Wildman–Crippen LogP) is 4.60. The number of rotatable bonds is 7. The minimum absolute atomic E-state index is 0. The summed E-state index contributed by atoms with van der Waals surface area (Å²) in [5.74, 6) is 2.41. The van der Waals surface area contributed by atoms with Crippen LogP contribution in [0.15, 0.2) is 33.8 Å². The maximum absolute atomic E-state index is 6.12. The number of halogens is 1. The highest BCUT2D eigenvalue weighted by Gasteiger charge is 2.15. The number of nitrogens with one attached hydrogen (secondary N) is 2. The van der Waals surface area contributed by atoms with Crippen LogP contribution in [-0.4, -0.2) is 23.3 Å². The van der Waals surface area contributed by atoms with Crippen LogP contribution in [0, 0.1) is 6.92 Å². The second-order valence-corrected chi connectivity index (χ2v) is 7.51. The highest BCUT2D eigenvalue weighted by Crippen LogP contribution is 2.25. The highest BCUT2D eigenvalue weighted by molar-refractivity contribution is 14.0. The summed E-state index contributed by atoms with van der Waals surface area (Å²) < 4.78 is 11.4. The molecule has 0 radical (unpaired) electrons. The molecule has 1 heterocycles. The number of nitrogens with zero attached hydrogens (tertiary/aromatic N) is 2. The average molecular weight is 500 g/mol. The van der Waals surface area contributed by atoms with E-state index in [4.69, 9.17) is 14.3 Å². The molecule has 0 atom stereocenters. The molecule has 2 N–H and O–H groups in total. The van der Waals surface area contributed by atoms with Crippen molar-refractivity contribution in [2.45, 2.75) is 66.7 Å². The van der Waals surface area contributed by atoms with Gasteiger partial charge in [0.15, 0.2) is 11.7 Å². The summed E-state index contributed by atoms with van der Waals surface area (Å²) in [6.45, 7) is 14.2. The fourth-order valence-electron chi connectivity index (χ4n) is 2.50. The quantitative estimate of drug-likeness (QED) is 0.331. The van der Waals surface area contributed by atoms with Crippen molar-refractivity contribution < 1.29 is 9.26 Å². The lowest BCUT2D eigenvalue weighted by Crippen LogP contribution is -2.36. The van der Waals surface area contributed by atoms with Crippen molar-refractivity contribution in [2.75, 3.05) is 6.54 Å². The van der Waals surface area contributed by atoms with Crippen molar-refractivity contribution in [3.05, 3.63) is 46.8 Å². The van der Waals surface area contributed by atoms with E-state index >= 15 is 0 Å². The number of guanidine groups is 1. The van der Waals surface area contributed by atoms with Gasteiger partial charge in [0.05, 0.1) is 18.8 Å². The Hall–Kier alpha value is -1.77. The van der Waals surface area contributed by atoms with Gasteiger partial charge in [-0.3, -0.25) is 0 Å². The molecular formula is C21H33IN4O2. The van der Waals surface area contributed by atoms with E-state index in [9.17, 15) is 0 Å². The molecule has 0 aliphatic carbocycles. The molecule has 7 heteroatoms. The Morgan fingerprint density at radius 1 is 1.18 bits per heavy atom. The van der Waals surface area contributed by atoms with E-state index in [-0.39, 0.29) is 29.6 Å². The highest BCUT2D eigenvalue weighted by atomic mass is 127. The molecule has 0 unspecified atom stereocenters. The second-order valence-electron chi connectivity index (χ2n) is 7.51. The average Bonchev–Trinajstić information content (AvgIpc) is 3.05. The number of aliphatic imine (C=N–C) groups is 1. The smallest absolute Gasteiger partial charge is 0.191 e. The second kappa shape index (κ2) is 11.3. The Bertz CT molecular complexity index is 766. The van der Waals surface area contributed by atoms with Crippen LogP contribution in [0.1, 0.15) is 57.2 Å². The normalized spacial score (nSPS) is 11.7. The Balaban J connectivity index is 0.00000392. The summed E-state index contributed by atoms with van der Waals surface area (Å²) in [5, 5.41) is 10.6. The predicted molar refractivity (Wildman–Crippen MR) is 125 cm³/mol. The van der Waals surface area contributed by atoms with E-state index in [0.29, 0.717) is 13.1 Å². The molecule has 0 saturated carbocycles. The van der Waals surface area contributed by atoms with Crippen LogP contribution >= 0.6 is 24.0 Å². The number of hydrogen-bond donors (Lipinski definition) is 2. The Morgan fingerprint density at radius 2 is 1.93 bits per heavy atom. The van der Waals surface area contributed by atoms with Crippen LogP contribution in [0.4, 0.5) is 0 Å². The molecular weight excluding hydrogens is 467 g/mol. The van der Waals surface area contributed by atoms with Gasteiger partial charge in [-0.05, 0) is 52.7 Å². The van der Waals surface area contributed by atoms with Crippen LogP contribution < -0.4 is 15.4 Å². The third-order valence-corrected chi connectivity index (χ3v) is 3.79. The number of aryl methyl sites for hydroxylation is 2. The molecule has 0 saturated heterocycles. The molecule has 0 aliphatic rings. The van der Waals surface area contributed by atoms with E-state index in [0.717, 1.165) is 41.7 Å². The van der Waals surface area contributed by atoms with E-state index in [1.165, 1.54) is 5.56 Å². The van der Waals surface area contributed by atoms with Crippen molar-refractivity contribution in [1.82, 2.24) is 15.8 Å². The van der Waals surface area contributed by atoms with Gasteiger partial charge in [-0.2, -0.15) is 0 Å². The molecule has 28 heavy (non-hydrogen) atoms. The van der Waals surface area contributed by atoms with Crippen molar-refractivity contribution in [1.29, 1.82) is 0 Å². The standard InChI is InChI=1S/C21H32N4O2.HI/c1-7-17-12-18(27-25-17)14-24-20(22-8-2)23-13-16-10-9-15(3)11-19(16)26-21(4,5)6;/h9-12H,7-8,13-14H2,1-6H3,(H2,22,23,24);1H. The van der Waals surface area contributed by atoms with Crippen LogP contribution in [0.2, 0.25) is 0 Å². The first kappa shape index (κ1) is 24.3. The number of hydrogen-bond acceptors (Lipinski definition) is 4. The zero-order chi connectivity index (χ0) is 19.9. The molecule has 1 aromatic heterocycles. The monoisotopic (exact) mass is 500 g/mol. The summed E-state index contributed by atoms with van der Waals surface area (Å²) in [6, 6.07) is 8.19. The van der Waals surface area contributed by atoms with Gasteiger partial charge in [-0.15, -0.1) is 24.0 Å². The zero-order valence-corrected chi connectivity index (χ0v) is 20.1. The van der Waals surface area contributed by atoms with E-state index in [1.807, 2.05) is 13.0 Å². The molecule has 2 aromatic rings. The van der Waals surface area contributed by atoms with Gasteiger partial charge in [0.25, 0.3) is 0 Å². The fourth-order valence-corrected chi connectivity index (χ4v) is 2.50. The lowest BCUT2D eigenvalue weighted by molar-refractivity contribution is 0.129. The van der Waals surface area contributed by atoms with Crippen molar-refractivity contribution >= 4 is 29.9 Å². The summed E-state index contributed by atoms with van der Waals surface area (Å²) in [6.07, 6.45) is 0.863. The van der Waals surface area contributed by atoms with Crippen molar-refractivity contribution in [3.63, 3.8) is 0 Å². The number of ether oxygens (including phenoxy) is 1. The first-order valence-electron chi connectivity index (χ1n) is 9.56. The molecule has 156 valence electrons. The maximum atomic E-state index is 6.12. The zero-order valence-electron chi connectivity index (χ0n) is 17.8. The Morgan fingerprint density at radius 3 is 2.54 bits per heavy atom. The molecule has 0 spiro atoms. The molecule has 0 aliphatic heterocycles. The SMILES string of the molecule is CCNC(=NCc1ccc(C)cc1OC(C)(C)C)NCc1cc(CC)no1.I. The molecule has 2 rings (SSSR count). The molecule has 0 bridgehead atoms. The third-order valence-electron chi connectivity index (χ3n) is 3.79. The van der Waals surface area contributed by atoms with Gasteiger partial charge in [0.2, 0.25) is 0 Å². The van der Waals surface area contributed by atoms with Crippen molar-refractivity contribution in [3.8, 4) is 5.75 Å². The lowest BCUT2D eigenvalue weighted by Gasteiger charge is -2.23. The van der Waals surface area contributed by atoms with Crippen LogP contribution in [0.3, 0.4) is 0 Å². The first-order valence-corrected chi connectivity index (χ1v) is 9.56. The van der Waals surface area contributed by atoms with Crippen LogP contribution in [-0.2, 0) is 19.5 Å². The molecule has 1 aromatic carbocycles. The van der Waals surface area contributed by atoms with Gasteiger partial charge in [-0.1, -0.05) is 24.2 Å². The van der Waals surface area contributed by atoms with Gasteiger partial charge >= 0.3 is 0 Å². The van der Waals surface area contributed by atoms with E-state index in [2.05, 4.69) is 68.6 Å². The van der Waals surface area contributed by atoms with Crippen molar-refractivity contribution in [2.24, 2.45) is 4.99 Å². The summed E-state index contributed by atoms with van der Waals surface area (Å²) in [7, 11) is 0. The van der Waals surface area contributed by atoms with Gasteiger partial charge < -0.3 is 19.9 Å². The summed E-state index contributed by atoms with van der Waals surface area (Å²) >= 11 is 0. The molecule has 6 nitrogen and oxygen atoms in total. The van der Waals surface area contributed by atoms with Crippen LogP contribution in [0.5, 0.6) is 5.75 Å². The summed E-state index contributed by atoms with van der Waals surface area (Å²) in [4.78, 5) is 4.70. The lowest BCUT2D eigenvalue weighted by atomic mass is 10.1. The largest absolute Gasteiger partial charge is 0.488 e. The third kappa shape index (κ3) is 8.08. The number of benzene rings is 1. The fraction of sp³-hybridized carbons (Fsp3) is 0.524. The van der Waals surface area contributed by atoms with E-state index < -0.39 is 0 Å². The van der Waals surface area contributed by atoms with Gasteiger partial charge in [0, 0.05) is 18.2 Å². The minimum Gasteiger partial charge on any atom is -0.488 e. The topological polar surface area (TPSA) is 71.7 Å². The van der Waals surface area contributed by atoms with Gasteiger partial charge in [0.1, 0.15) is 11.4 Å². The molecule has 0 fully saturated rings.